The number of amides is 2. The molecule has 0 aliphatic carbocycles. The van der Waals surface area contributed by atoms with E-state index in [0.717, 1.165) is 35.6 Å². The number of aromatic nitrogens is 3. The van der Waals surface area contributed by atoms with Crippen LogP contribution in [0.15, 0.2) is 29.4 Å². The van der Waals surface area contributed by atoms with Crippen LogP contribution in [0.4, 0.5) is 16.4 Å². The van der Waals surface area contributed by atoms with Crippen molar-refractivity contribution < 1.29 is 19.1 Å². The van der Waals surface area contributed by atoms with Crippen molar-refractivity contribution in [1.29, 1.82) is 0 Å². The van der Waals surface area contributed by atoms with Gasteiger partial charge in [-0.1, -0.05) is 11.8 Å². The summed E-state index contributed by atoms with van der Waals surface area (Å²) in [5.74, 6) is 1.96. The number of fused-ring (bicyclic) bond motifs is 1. The molecule has 4 rings (SSSR count). The van der Waals surface area contributed by atoms with Crippen LogP contribution in [-0.4, -0.2) is 88.3 Å². The first-order valence-electron chi connectivity index (χ1n) is 10.9. The predicted octanol–water partition coefficient (Wildman–Crippen LogP) is 2.22. The molecule has 0 unspecified atom stereocenters. The summed E-state index contributed by atoms with van der Waals surface area (Å²) in [5.41, 5.74) is 1.03. The van der Waals surface area contributed by atoms with E-state index in [4.69, 9.17) is 9.47 Å². The average molecular weight is 461 g/mol. The zero-order valence-corrected chi connectivity index (χ0v) is 19.2. The Labute approximate surface area is 191 Å². The summed E-state index contributed by atoms with van der Waals surface area (Å²) in [5, 5.41) is 9.40. The fourth-order valence-corrected chi connectivity index (χ4v) is 4.65. The summed E-state index contributed by atoms with van der Waals surface area (Å²) in [6.07, 6.45) is -0.315. The highest BCUT2D eigenvalue weighted by molar-refractivity contribution is 7.99. The molecular weight excluding hydrogens is 432 g/mol. The molecule has 0 spiro atoms. The third-order valence-corrected chi connectivity index (χ3v) is 6.38. The molecule has 172 valence electrons. The second-order valence-corrected chi connectivity index (χ2v) is 8.31. The van der Waals surface area contributed by atoms with Crippen molar-refractivity contribution in [2.24, 2.45) is 0 Å². The smallest absolute Gasteiger partial charge is 0.409 e. The second-order valence-electron chi connectivity index (χ2n) is 7.37. The van der Waals surface area contributed by atoms with Gasteiger partial charge in [0.15, 0.2) is 5.16 Å². The Kier molecular flexibility index (Phi) is 7.03. The van der Waals surface area contributed by atoms with Crippen LogP contribution in [0, 0.1) is 0 Å². The lowest BCUT2D eigenvalue weighted by atomic mass is 10.3. The maximum atomic E-state index is 12.7. The Morgan fingerprint density at radius 1 is 0.938 bits per heavy atom. The zero-order valence-electron chi connectivity index (χ0n) is 18.4. The lowest BCUT2D eigenvalue weighted by Crippen LogP contribution is -2.51. The van der Waals surface area contributed by atoms with Gasteiger partial charge in [0.1, 0.15) is 5.75 Å². The summed E-state index contributed by atoms with van der Waals surface area (Å²) in [4.78, 5) is 30.0. The molecule has 2 aliphatic rings. The van der Waals surface area contributed by atoms with Crippen LogP contribution in [0.25, 0.3) is 0 Å². The van der Waals surface area contributed by atoms with Gasteiger partial charge in [-0.05, 0) is 38.1 Å². The normalized spacial score (nSPS) is 15.6. The maximum absolute atomic E-state index is 12.7. The molecular formula is C21H28N6O4S. The standard InChI is InChI=1S/C21H28N6O4S/c1-3-30-17-7-5-16(6-8-17)26-13-14-27-19(26)22-23-20(27)32-15-18(28)24-9-11-25(12-10-24)21(29)31-4-2/h5-8H,3-4,9-15H2,1-2H3. The van der Waals surface area contributed by atoms with Crippen LogP contribution in [0.5, 0.6) is 5.75 Å². The van der Waals surface area contributed by atoms with Crippen LogP contribution < -0.4 is 9.64 Å². The quantitative estimate of drug-likeness (QED) is 0.581. The summed E-state index contributed by atoms with van der Waals surface area (Å²) < 4.78 is 12.6. The Bertz CT molecular complexity index is 942. The molecule has 0 saturated carbocycles. The van der Waals surface area contributed by atoms with Crippen LogP contribution in [-0.2, 0) is 16.1 Å². The number of hydrogen-bond acceptors (Lipinski definition) is 8. The largest absolute Gasteiger partial charge is 0.494 e. The minimum atomic E-state index is -0.315. The van der Waals surface area contributed by atoms with Crippen molar-refractivity contribution in [3.05, 3.63) is 24.3 Å². The Hall–Kier alpha value is -2.95. The van der Waals surface area contributed by atoms with Gasteiger partial charge in [-0.25, -0.2) is 4.79 Å². The minimum Gasteiger partial charge on any atom is -0.494 e. The molecule has 10 nitrogen and oxygen atoms in total. The number of benzene rings is 1. The van der Waals surface area contributed by atoms with Crippen molar-refractivity contribution in [2.75, 3.05) is 56.6 Å². The monoisotopic (exact) mass is 460 g/mol. The van der Waals surface area contributed by atoms with Gasteiger partial charge in [0.05, 0.1) is 19.0 Å². The van der Waals surface area contributed by atoms with Gasteiger partial charge in [0.25, 0.3) is 0 Å². The van der Waals surface area contributed by atoms with Gasteiger partial charge in [-0.3, -0.25) is 9.36 Å². The number of carbonyl (C=O) groups excluding carboxylic acids is 2. The van der Waals surface area contributed by atoms with E-state index in [9.17, 15) is 9.59 Å². The topological polar surface area (TPSA) is 93.0 Å². The molecule has 0 atom stereocenters. The summed E-state index contributed by atoms with van der Waals surface area (Å²) in [7, 11) is 0. The molecule has 1 aromatic heterocycles. The number of rotatable bonds is 7. The molecule has 0 bridgehead atoms. The molecule has 1 fully saturated rings. The van der Waals surface area contributed by atoms with E-state index in [1.165, 1.54) is 11.8 Å². The summed E-state index contributed by atoms with van der Waals surface area (Å²) in [6.45, 7) is 8.33. The van der Waals surface area contributed by atoms with Gasteiger partial charge in [-0.2, -0.15) is 0 Å². The molecule has 11 heteroatoms. The van der Waals surface area contributed by atoms with E-state index in [2.05, 4.69) is 15.1 Å². The van der Waals surface area contributed by atoms with E-state index < -0.39 is 0 Å². The highest BCUT2D eigenvalue weighted by atomic mass is 32.2. The van der Waals surface area contributed by atoms with Gasteiger partial charge in [0.2, 0.25) is 11.9 Å². The molecule has 0 N–H and O–H groups in total. The molecule has 2 amide bonds. The van der Waals surface area contributed by atoms with E-state index in [1.54, 1.807) is 16.7 Å². The number of thioether (sulfide) groups is 1. The third-order valence-electron chi connectivity index (χ3n) is 5.43. The number of ether oxygens (including phenoxy) is 2. The molecule has 2 aliphatic heterocycles. The first-order chi connectivity index (χ1) is 15.6. The van der Waals surface area contributed by atoms with Crippen molar-refractivity contribution >= 4 is 35.4 Å². The molecule has 1 saturated heterocycles. The van der Waals surface area contributed by atoms with E-state index in [0.29, 0.717) is 45.1 Å². The predicted molar refractivity (Wildman–Crippen MR) is 121 cm³/mol. The summed E-state index contributed by atoms with van der Waals surface area (Å²) in [6, 6.07) is 7.94. The fourth-order valence-electron chi connectivity index (χ4n) is 3.79. The molecule has 3 heterocycles. The molecule has 0 radical (unpaired) electrons. The highest BCUT2D eigenvalue weighted by Crippen LogP contribution is 2.33. The number of hydrogen-bond donors (Lipinski definition) is 0. The van der Waals surface area contributed by atoms with Gasteiger partial charge < -0.3 is 24.2 Å². The zero-order chi connectivity index (χ0) is 22.5. The number of nitrogens with zero attached hydrogens (tertiary/aromatic N) is 6. The minimum absolute atomic E-state index is 0.0391. The van der Waals surface area contributed by atoms with Gasteiger partial charge in [-0.15, -0.1) is 10.2 Å². The van der Waals surface area contributed by atoms with Gasteiger partial charge >= 0.3 is 6.09 Å². The van der Waals surface area contributed by atoms with Crippen LogP contribution in [0.3, 0.4) is 0 Å². The third kappa shape index (κ3) is 4.77. The number of anilines is 2. The number of piperazine rings is 1. The molecule has 2 aromatic rings. The van der Waals surface area contributed by atoms with E-state index in [-0.39, 0.29) is 12.0 Å². The Morgan fingerprint density at radius 2 is 1.66 bits per heavy atom. The maximum Gasteiger partial charge on any atom is 0.409 e. The van der Waals surface area contributed by atoms with Crippen LogP contribution in [0.1, 0.15) is 13.8 Å². The van der Waals surface area contributed by atoms with Crippen molar-refractivity contribution in [1.82, 2.24) is 24.6 Å². The Morgan fingerprint density at radius 3 is 2.34 bits per heavy atom. The van der Waals surface area contributed by atoms with Crippen molar-refractivity contribution in [3.8, 4) is 5.75 Å². The molecule has 32 heavy (non-hydrogen) atoms. The lowest BCUT2D eigenvalue weighted by Gasteiger charge is -2.34. The van der Waals surface area contributed by atoms with E-state index in [1.807, 2.05) is 35.8 Å². The van der Waals surface area contributed by atoms with Crippen molar-refractivity contribution in [2.45, 2.75) is 25.5 Å². The highest BCUT2D eigenvalue weighted by Gasteiger charge is 2.28. The van der Waals surface area contributed by atoms with Gasteiger partial charge in [0, 0.05) is 45.0 Å². The lowest BCUT2D eigenvalue weighted by molar-refractivity contribution is -0.129. The molecule has 1 aromatic carbocycles. The average Bonchev–Trinajstić information content (AvgIpc) is 3.41. The SMILES string of the molecule is CCOC(=O)N1CCN(C(=O)CSc2nnc3n2CCN3c2ccc(OCC)cc2)CC1. The van der Waals surface area contributed by atoms with E-state index >= 15 is 0 Å². The van der Waals surface area contributed by atoms with Crippen molar-refractivity contribution in [3.63, 3.8) is 0 Å². The van der Waals surface area contributed by atoms with Crippen LogP contribution >= 0.6 is 11.8 Å². The second kappa shape index (κ2) is 10.1. The Balaban J connectivity index is 1.31. The first-order valence-corrected chi connectivity index (χ1v) is 11.8. The summed E-state index contributed by atoms with van der Waals surface area (Å²) >= 11 is 1.40. The first kappa shape index (κ1) is 22.3. The number of carbonyl (C=O) groups is 2. The van der Waals surface area contributed by atoms with Crippen LogP contribution in [0.2, 0.25) is 0 Å². The fraction of sp³-hybridized carbons (Fsp3) is 0.524.